The van der Waals surface area contributed by atoms with Gasteiger partial charge in [0.05, 0.1) is 28.9 Å². The zero-order valence-electron chi connectivity index (χ0n) is 10.8. The Bertz CT molecular complexity index is 631. The van der Waals surface area contributed by atoms with E-state index in [4.69, 9.17) is 10.00 Å². The molecule has 6 nitrogen and oxygen atoms in total. The molecule has 0 saturated carbocycles. The molecule has 2 rings (SSSR count). The first kappa shape index (κ1) is 14.5. The van der Waals surface area contributed by atoms with Gasteiger partial charge in [-0.2, -0.15) is 5.26 Å². The van der Waals surface area contributed by atoms with Gasteiger partial charge in [0.2, 0.25) is 5.91 Å². The molecule has 0 radical (unpaired) electrons. The number of benzene rings is 1. The second-order valence-electron chi connectivity index (χ2n) is 4.39. The number of carbonyl (C=O) groups excluding carboxylic acids is 1. The summed E-state index contributed by atoms with van der Waals surface area (Å²) < 4.78 is 29.2. The van der Waals surface area contributed by atoms with Crippen molar-refractivity contribution in [3.63, 3.8) is 0 Å². The zero-order chi connectivity index (χ0) is 14.6. The van der Waals surface area contributed by atoms with E-state index in [-0.39, 0.29) is 29.7 Å². The fraction of sp³-hybridized carbons (Fsp3) is 0.385. The maximum absolute atomic E-state index is 12.1. The van der Waals surface area contributed by atoms with Crippen LogP contribution in [0.4, 0.5) is 0 Å². The smallest absolute Gasteiger partial charge is 0.248 e. The quantitative estimate of drug-likeness (QED) is 0.791. The highest BCUT2D eigenvalue weighted by Gasteiger charge is 2.22. The fourth-order valence-electron chi connectivity index (χ4n) is 1.87. The predicted molar refractivity (Wildman–Crippen MR) is 70.6 cm³/mol. The summed E-state index contributed by atoms with van der Waals surface area (Å²) in [6, 6.07) is 7.69. The van der Waals surface area contributed by atoms with E-state index < -0.39 is 9.84 Å². The van der Waals surface area contributed by atoms with Gasteiger partial charge in [0.25, 0.3) is 0 Å². The van der Waals surface area contributed by atoms with Crippen molar-refractivity contribution in [2.24, 2.45) is 0 Å². The van der Waals surface area contributed by atoms with E-state index in [1.807, 2.05) is 6.07 Å². The molecule has 0 atom stereocenters. The molecule has 20 heavy (non-hydrogen) atoms. The lowest BCUT2D eigenvalue weighted by Gasteiger charge is -2.26. The van der Waals surface area contributed by atoms with Crippen molar-refractivity contribution in [2.75, 3.05) is 32.1 Å². The molecule has 1 aliphatic heterocycles. The van der Waals surface area contributed by atoms with Crippen LogP contribution in [0.3, 0.4) is 0 Å². The van der Waals surface area contributed by atoms with E-state index >= 15 is 0 Å². The minimum absolute atomic E-state index is 0.0108. The summed E-state index contributed by atoms with van der Waals surface area (Å²) in [5.41, 5.74) is 0.410. The highest BCUT2D eigenvalue weighted by Crippen LogP contribution is 2.13. The molecule has 1 aliphatic rings. The van der Waals surface area contributed by atoms with Crippen molar-refractivity contribution in [2.45, 2.75) is 4.90 Å². The minimum Gasteiger partial charge on any atom is -0.370 e. The normalized spacial score (nSPS) is 15.9. The van der Waals surface area contributed by atoms with Crippen LogP contribution in [-0.2, 0) is 19.4 Å². The molecule has 106 valence electrons. The van der Waals surface area contributed by atoms with Gasteiger partial charge in [0, 0.05) is 13.1 Å². The third-order valence-electron chi connectivity index (χ3n) is 3.06. The number of morpholine rings is 1. The van der Waals surface area contributed by atoms with E-state index in [0.717, 1.165) is 0 Å². The van der Waals surface area contributed by atoms with Gasteiger partial charge in [0.15, 0.2) is 9.84 Å². The monoisotopic (exact) mass is 294 g/mol. The van der Waals surface area contributed by atoms with Gasteiger partial charge in [0.1, 0.15) is 6.61 Å². The van der Waals surface area contributed by atoms with Crippen LogP contribution in [0.15, 0.2) is 29.2 Å². The van der Waals surface area contributed by atoms with Crippen molar-refractivity contribution < 1.29 is 17.9 Å². The Morgan fingerprint density at radius 1 is 1.30 bits per heavy atom. The van der Waals surface area contributed by atoms with Gasteiger partial charge in [-0.1, -0.05) is 0 Å². The lowest BCUT2D eigenvalue weighted by molar-refractivity contribution is -0.142. The number of hydrogen-bond acceptors (Lipinski definition) is 5. The molecule has 1 amide bonds. The molecule has 0 aromatic heterocycles. The summed E-state index contributed by atoms with van der Waals surface area (Å²) in [6.07, 6.45) is 0. The maximum Gasteiger partial charge on any atom is 0.248 e. The molecular weight excluding hydrogens is 280 g/mol. The third kappa shape index (κ3) is 3.35. The van der Waals surface area contributed by atoms with Gasteiger partial charge < -0.3 is 9.64 Å². The first-order chi connectivity index (χ1) is 9.53. The van der Waals surface area contributed by atoms with Crippen LogP contribution in [-0.4, -0.2) is 51.3 Å². The average Bonchev–Trinajstić information content (AvgIpc) is 2.46. The number of sulfone groups is 1. The number of rotatable bonds is 4. The largest absolute Gasteiger partial charge is 0.370 e. The Hall–Kier alpha value is -1.91. The Balaban J connectivity index is 2.03. The van der Waals surface area contributed by atoms with E-state index in [2.05, 4.69) is 0 Å². The molecule has 0 aliphatic carbocycles. The second kappa shape index (κ2) is 6.03. The Kier molecular flexibility index (Phi) is 4.37. The van der Waals surface area contributed by atoms with Gasteiger partial charge in [-0.3, -0.25) is 4.79 Å². The SMILES string of the molecule is N#Cc1ccc(S(=O)(=O)CCN2CCOCC2=O)cc1. The summed E-state index contributed by atoms with van der Waals surface area (Å²) in [6.45, 7) is 1.02. The Morgan fingerprint density at radius 2 is 2.00 bits per heavy atom. The summed E-state index contributed by atoms with van der Waals surface area (Å²) in [5.74, 6) is -0.323. The lowest BCUT2D eigenvalue weighted by atomic mass is 10.2. The number of hydrogen-bond donors (Lipinski definition) is 0. The van der Waals surface area contributed by atoms with Crippen molar-refractivity contribution in [1.29, 1.82) is 5.26 Å². The summed E-state index contributed by atoms with van der Waals surface area (Å²) >= 11 is 0. The van der Waals surface area contributed by atoms with Crippen LogP contribution in [0, 0.1) is 11.3 Å². The van der Waals surface area contributed by atoms with Crippen molar-refractivity contribution in [1.82, 2.24) is 4.90 Å². The average molecular weight is 294 g/mol. The minimum atomic E-state index is -3.45. The van der Waals surface area contributed by atoms with Crippen molar-refractivity contribution in [3.8, 4) is 6.07 Å². The first-order valence-electron chi connectivity index (χ1n) is 6.11. The number of amides is 1. The molecule has 1 heterocycles. The molecule has 1 aromatic carbocycles. The van der Waals surface area contributed by atoms with E-state index in [1.54, 1.807) is 0 Å². The summed E-state index contributed by atoms with van der Waals surface area (Å²) in [4.78, 5) is 13.2. The Labute approximate surface area is 117 Å². The zero-order valence-corrected chi connectivity index (χ0v) is 11.6. The van der Waals surface area contributed by atoms with E-state index in [0.29, 0.717) is 18.7 Å². The van der Waals surface area contributed by atoms with Crippen LogP contribution >= 0.6 is 0 Å². The van der Waals surface area contributed by atoms with E-state index in [1.165, 1.54) is 29.2 Å². The van der Waals surface area contributed by atoms with Crippen LogP contribution in [0.2, 0.25) is 0 Å². The molecule has 0 unspecified atom stereocenters. The third-order valence-corrected chi connectivity index (χ3v) is 4.77. The van der Waals surface area contributed by atoms with Crippen LogP contribution in [0.1, 0.15) is 5.56 Å². The highest BCUT2D eigenvalue weighted by atomic mass is 32.2. The predicted octanol–water partition coefficient (Wildman–Crippen LogP) is 0.191. The summed E-state index contributed by atoms with van der Waals surface area (Å²) in [7, 11) is -3.45. The summed E-state index contributed by atoms with van der Waals surface area (Å²) in [5, 5.41) is 8.68. The molecular formula is C13H14N2O4S. The molecule has 1 fully saturated rings. The van der Waals surface area contributed by atoms with Crippen molar-refractivity contribution >= 4 is 15.7 Å². The molecule has 7 heteroatoms. The topological polar surface area (TPSA) is 87.5 Å². The van der Waals surface area contributed by atoms with Crippen LogP contribution in [0.5, 0.6) is 0 Å². The fourth-order valence-corrected chi connectivity index (χ4v) is 3.12. The van der Waals surface area contributed by atoms with Crippen molar-refractivity contribution in [3.05, 3.63) is 29.8 Å². The van der Waals surface area contributed by atoms with E-state index in [9.17, 15) is 13.2 Å². The van der Waals surface area contributed by atoms with Gasteiger partial charge in [-0.05, 0) is 24.3 Å². The molecule has 1 saturated heterocycles. The number of nitrogens with zero attached hydrogens (tertiary/aromatic N) is 2. The lowest BCUT2D eigenvalue weighted by Crippen LogP contribution is -2.43. The highest BCUT2D eigenvalue weighted by molar-refractivity contribution is 7.91. The standard InChI is InChI=1S/C13H14N2O4S/c14-9-11-1-3-12(4-2-11)20(17,18)8-6-15-5-7-19-10-13(15)16/h1-4H,5-8,10H2. The number of ether oxygens (including phenoxy) is 1. The maximum atomic E-state index is 12.1. The first-order valence-corrected chi connectivity index (χ1v) is 7.76. The van der Waals surface area contributed by atoms with Crippen LogP contribution < -0.4 is 0 Å². The second-order valence-corrected chi connectivity index (χ2v) is 6.50. The van der Waals surface area contributed by atoms with Gasteiger partial charge in [-0.25, -0.2) is 8.42 Å². The molecule has 0 spiro atoms. The molecule has 0 bridgehead atoms. The molecule has 1 aromatic rings. The molecule has 0 N–H and O–H groups in total. The number of carbonyl (C=O) groups is 1. The van der Waals surface area contributed by atoms with Gasteiger partial charge in [-0.15, -0.1) is 0 Å². The Morgan fingerprint density at radius 3 is 2.60 bits per heavy atom. The van der Waals surface area contributed by atoms with Gasteiger partial charge >= 0.3 is 0 Å². The van der Waals surface area contributed by atoms with Crippen LogP contribution in [0.25, 0.3) is 0 Å². The number of nitriles is 1.